The summed E-state index contributed by atoms with van der Waals surface area (Å²) in [5.41, 5.74) is 2.56. The minimum atomic E-state index is 0.0579. The first-order valence-electron chi connectivity index (χ1n) is 11.1. The van der Waals surface area contributed by atoms with E-state index >= 15 is 0 Å². The van der Waals surface area contributed by atoms with E-state index in [-0.39, 0.29) is 17.9 Å². The molecule has 0 aliphatic carbocycles. The van der Waals surface area contributed by atoms with Gasteiger partial charge in [-0.25, -0.2) is 0 Å². The maximum Gasteiger partial charge on any atom is 0.225 e. The second-order valence-corrected chi connectivity index (χ2v) is 8.83. The fourth-order valence-electron chi connectivity index (χ4n) is 4.11. The van der Waals surface area contributed by atoms with E-state index < -0.39 is 0 Å². The highest BCUT2D eigenvalue weighted by Crippen LogP contribution is 2.23. The van der Waals surface area contributed by atoms with Gasteiger partial charge in [-0.05, 0) is 42.9 Å². The monoisotopic (exact) mass is 399 g/mol. The van der Waals surface area contributed by atoms with Crippen LogP contribution in [0.1, 0.15) is 45.6 Å². The molecule has 2 saturated heterocycles. The highest BCUT2D eigenvalue weighted by molar-refractivity contribution is 5.81. The van der Waals surface area contributed by atoms with Crippen LogP contribution in [-0.2, 0) is 11.3 Å². The lowest BCUT2D eigenvalue weighted by Gasteiger charge is -2.32. The lowest BCUT2D eigenvalue weighted by atomic mass is 9.99. The zero-order chi connectivity index (χ0) is 20.8. The lowest BCUT2D eigenvalue weighted by Crippen LogP contribution is -2.45. The maximum absolute atomic E-state index is 12.2. The highest BCUT2D eigenvalue weighted by Gasteiger charge is 2.27. The Kier molecular flexibility index (Phi) is 7.40. The number of likely N-dealkylation sites (tertiary alicyclic amines) is 1. The summed E-state index contributed by atoms with van der Waals surface area (Å²) in [5.74, 6) is 1.94. The summed E-state index contributed by atoms with van der Waals surface area (Å²) in [6.07, 6.45) is 3.53. The Morgan fingerprint density at radius 3 is 2.45 bits per heavy atom. The number of amides is 1. The van der Waals surface area contributed by atoms with E-state index in [1.807, 2.05) is 18.7 Å². The molecular weight excluding hydrogens is 362 g/mol. The number of carbonyl (C=O) groups is 1. The molecule has 2 heterocycles. The van der Waals surface area contributed by atoms with Gasteiger partial charge in [0.05, 0.1) is 0 Å². The zero-order valence-electron chi connectivity index (χ0n) is 18.4. The molecule has 2 aliphatic rings. The molecule has 6 nitrogen and oxygen atoms in total. The van der Waals surface area contributed by atoms with E-state index in [9.17, 15) is 4.79 Å². The molecule has 2 N–H and O–H groups in total. The van der Waals surface area contributed by atoms with Crippen LogP contribution in [0.4, 0.5) is 5.69 Å². The standard InChI is InChI=1S/C23H37N5O/c1-17(2)22(29)28-14-11-20(16-28)26-23(24-4)25-15-19-5-7-21(8-6-19)27-12-9-18(3)10-13-27/h5-8,17-18,20H,9-16H2,1-4H3,(H2,24,25,26). The Morgan fingerprint density at radius 1 is 1.14 bits per heavy atom. The number of hydrogen-bond donors (Lipinski definition) is 2. The molecule has 1 aromatic carbocycles. The first-order valence-corrected chi connectivity index (χ1v) is 11.1. The van der Waals surface area contributed by atoms with E-state index in [1.54, 1.807) is 7.05 Å². The van der Waals surface area contributed by atoms with Crippen LogP contribution in [0.25, 0.3) is 0 Å². The number of benzene rings is 1. The molecule has 2 fully saturated rings. The zero-order valence-corrected chi connectivity index (χ0v) is 18.4. The van der Waals surface area contributed by atoms with Gasteiger partial charge >= 0.3 is 0 Å². The summed E-state index contributed by atoms with van der Waals surface area (Å²) in [6.45, 7) is 10.9. The fraction of sp³-hybridized carbons (Fsp3) is 0.652. The van der Waals surface area contributed by atoms with Gasteiger partial charge in [0, 0.05) is 57.4 Å². The third-order valence-corrected chi connectivity index (χ3v) is 6.10. The molecule has 29 heavy (non-hydrogen) atoms. The summed E-state index contributed by atoms with van der Waals surface area (Å²) in [7, 11) is 1.79. The van der Waals surface area contributed by atoms with Crippen LogP contribution < -0.4 is 15.5 Å². The molecular formula is C23H37N5O. The Bertz CT molecular complexity index is 692. The molecule has 1 amide bonds. The summed E-state index contributed by atoms with van der Waals surface area (Å²) in [6, 6.07) is 9.12. The molecule has 1 unspecified atom stereocenters. The molecule has 2 aliphatic heterocycles. The normalized spacial score (nSPS) is 21.0. The first kappa shape index (κ1) is 21.5. The van der Waals surface area contributed by atoms with Gasteiger partial charge in [0.2, 0.25) is 5.91 Å². The number of piperidine rings is 1. The Balaban J connectivity index is 1.45. The molecule has 0 spiro atoms. The van der Waals surface area contributed by atoms with E-state index in [4.69, 9.17) is 0 Å². The van der Waals surface area contributed by atoms with Gasteiger partial charge < -0.3 is 20.4 Å². The van der Waals surface area contributed by atoms with Gasteiger partial charge in [-0.1, -0.05) is 32.9 Å². The van der Waals surface area contributed by atoms with Crippen molar-refractivity contribution in [2.24, 2.45) is 16.8 Å². The second kappa shape index (κ2) is 9.99. The number of guanidine groups is 1. The molecule has 0 radical (unpaired) electrons. The summed E-state index contributed by atoms with van der Waals surface area (Å²) < 4.78 is 0. The van der Waals surface area contributed by atoms with Crippen LogP contribution in [0, 0.1) is 11.8 Å². The number of anilines is 1. The number of rotatable bonds is 5. The minimum Gasteiger partial charge on any atom is -0.372 e. The van der Waals surface area contributed by atoms with Crippen molar-refractivity contribution >= 4 is 17.6 Å². The molecule has 160 valence electrons. The van der Waals surface area contributed by atoms with Crippen LogP contribution >= 0.6 is 0 Å². The van der Waals surface area contributed by atoms with Crippen molar-refractivity contribution in [2.75, 3.05) is 38.1 Å². The van der Waals surface area contributed by atoms with Gasteiger partial charge in [-0.15, -0.1) is 0 Å². The molecule has 0 bridgehead atoms. The number of hydrogen-bond acceptors (Lipinski definition) is 3. The average molecular weight is 400 g/mol. The van der Waals surface area contributed by atoms with Crippen molar-refractivity contribution in [1.82, 2.24) is 15.5 Å². The number of nitrogens with one attached hydrogen (secondary N) is 2. The topological polar surface area (TPSA) is 60.0 Å². The molecule has 6 heteroatoms. The summed E-state index contributed by atoms with van der Waals surface area (Å²) in [5, 5.41) is 6.87. The minimum absolute atomic E-state index is 0.0579. The highest BCUT2D eigenvalue weighted by atomic mass is 16.2. The van der Waals surface area contributed by atoms with E-state index in [0.717, 1.165) is 51.0 Å². The summed E-state index contributed by atoms with van der Waals surface area (Å²) in [4.78, 5) is 21.0. The van der Waals surface area contributed by atoms with Crippen LogP contribution in [0.3, 0.4) is 0 Å². The molecule has 3 rings (SSSR count). The van der Waals surface area contributed by atoms with Crippen LogP contribution in [0.5, 0.6) is 0 Å². The van der Waals surface area contributed by atoms with E-state index in [1.165, 1.54) is 24.1 Å². The van der Waals surface area contributed by atoms with E-state index in [2.05, 4.69) is 51.7 Å². The smallest absolute Gasteiger partial charge is 0.225 e. The molecule has 0 aromatic heterocycles. The largest absolute Gasteiger partial charge is 0.372 e. The fourth-order valence-corrected chi connectivity index (χ4v) is 4.11. The van der Waals surface area contributed by atoms with Crippen LogP contribution in [0.15, 0.2) is 29.3 Å². The van der Waals surface area contributed by atoms with Crippen LogP contribution in [0.2, 0.25) is 0 Å². The molecule has 0 saturated carbocycles. The molecule has 1 aromatic rings. The van der Waals surface area contributed by atoms with Gasteiger partial charge in [0.15, 0.2) is 5.96 Å². The van der Waals surface area contributed by atoms with Crippen molar-refractivity contribution in [3.05, 3.63) is 29.8 Å². The third kappa shape index (κ3) is 5.87. The van der Waals surface area contributed by atoms with Crippen molar-refractivity contribution in [2.45, 2.75) is 52.6 Å². The first-order chi connectivity index (χ1) is 14.0. The predicted octanol–water partition coefficient (Wildman–Crippen LogP) is 2.84. The van der Waals surface area contributed by atoms with Crippen molar-refractivity contribution < 1.29 is 4.79 Å². The lowest BCUT2D eigenvalue weighted by molar-refractivity contribution is -0.133. The number of nitrogens with zero attached hydrogens (tertiary/aromatic N) is 3. The molecule has 1 atom stereocenters. The van der Waals surface area contributed by atoms with Crippen molar-refractivity contribution in [3.8, 4) is 0 Å². The van der Waals surface area contributed by atoms with Crippen LogP contribution in [-0.4, -0.2) is 56.0 Å². The van der Waals surface area contributed by atoms with Gasteiger partial charge in [-0.2, -0.15) is 0 Å². The van der Waals surface area contributed by atoms with Gasteiger partial charge in [0.25, 0.3) is 0 Å². The van der Waals surface area contributed by atoms with Gasteiger partial charge in [0.1, 0.15) is 0 Å². The average Bonchev–Trinajstić information content (AvgIpc) is 3.20. The quantitative estimate of drug-likeness (QED) is 0.590. The maximum atomic E-state index is 12.2. The van der Waals surface area contributed by atoms with Crippen molar-refractivity contribution in [1.29, 1.82) is 0 Å². The summed E-state index contributed by atoms with van der Waals surface area (Å²) >= 11 is 0. The van der Waals surface area contributed by atoms with E-state index in [0.29, 0.717) is 0 Å². The van der Waals surface area contributed by atoms with Gasteiger partial charge in [-0.3, -0.25) is 9.79 Å². The number of carbonyl (C=O) groups excluding carboxylic acids is 1. The Hall–Kier alpha value is -2.24. The predicted molar refractivity (Wildman–Crippen MR) is 120 cm³/mol. The number of aliphatic imine (C=N–C) groups is 1. The van der Waals surface area contributed by atoms with Crippen molar-refractivity contribution in [3.63, 3.8) is 0 Å². The second-order valence-electron chi connectivity index (χ2n) is 8.83. The SMILES string of the molecule is CN=C(NCc1ccc(N2CCC(C)CC2)cc1)NC1CCN(C(=O)C(C)C)C1. The Morgan fingerprint density at radius 2 is 1.83 bits per heavy atom. The Labute approximate surface area is 175 Å². The third-order valence-electron chi connectivity index (χ3n) is 6.10.